The molecule has 17 unspecified atom stereocenters. The van der Waals surface area contributed by atoms with Crippen LogP contribution in [0.4, 0.5) is 0 Å². The normalized spacial score (nSPS) is 32.4. The van der Waals surface area contributed by atoms with Crippen molar-refractivity contribution in [1.29, 1.82) is 0 Å². The van der Waals surface area contributed by atoms with Gasteiger partial charge in [-0.1, -0.05) is 141 Å². The molecule has 3 fully saturated rings. The molecule has 0 aliphatic carbocycles. The largest absolute Gasteiger partial charge is 0.394 e. The van der Waals surface area contributed by atoms with Gasteiger partial charge >= 0.3 is 0 Å². The summed E-state index contributed by atoms with van der Waals surface area (Å²) in [4.78, 5) is 13.2. The van der Waals surface area contributed by atoms with Gasteiger partial charge in [-0.2, -0.15) is 0 Å². The van der Waals surface area contributed by atoms with E-state index in [1.54, 1.807) is 0 Å². The molecule has 0 saturated carbocycles. The lowest BCUT2D eigenvalue weighted by molar-refractivity contribution is -0.379. The molecule has 3 saturated heterocycles. The smallest absolute Gasteiger partial charge is 0.220 e. The first kappa shape index (κ1) is 63.6. The van der Waals surface area contributed by atoms with Gasteiger partial charge in [-0.3, -0.25) is 4.79 Å². The van der Waals surface area contributed by atoms with Crippen LogP contribution in [0, 0.1) is 0 Å². The van der Waals surface area contributed by atoms with E-state index in [4.69, 9.17) is 28.4 Å². The Morgan fingerprint density at radius 2 is 0.930 bits per heavy atom. The molecule has 0 spiro atoms. The van der Waals surface area contributed by atoms with Crippen LogP contribution in [-0.4, -0.2) is 193 Å². The second-order valence-corrected chi connectivity index (χ2v) is 19.7. The summed E-state index contributed by atoms with van der Waals surface area (Å²) in [5.74, 6) is -0.260. The first-order chi connectivity index (χ1) is 34.3. The summed E-state index contributed by atoms with van der Waals surface area (Å²) in [5.41, 5.74) is 0. The van der Waals surface area contributed by atoms with E-state index < -0.39 is 124 Å². The van der Waals surface area contributed by atoms with Crippen LogP contribution in [0.15, 0.2) is 24.3 Å². The summed E-state index contributed by atoms with van der Waals surface area (Å²) in [6.07, 6.45) is 7.08. The molecular formula is C52H95NO18. The number of amides is 1. The number of carbonyl (C=O) groups is 1. The Hall–Kier alpha value is -1.73. The number of ether oxygens (including phenoxy) is 6. The fourth-order valence-corrected chi connectivity index (χ4v) is 9.22. The van der Waals surface area contributed by atoms with Gasteiger partial charge in [0.2, 0.25) is 5.91 Å². The molecule has 12 N–H and O–H groups in total. The van der Waals surface area contributed by atoms with Crippen molar-refractivity contribution >= 4 is 5.91 Å². The topological polar surface area (TPSA) is 307 Å². The lowest BCUT2D eigenvalue weighted by Crippen LogP contribution is -2.66. The maximum atomic E-state index is 13.2. The van der Waals surface area contributed by atoms with Crippen molar-refractivity contribution in [3.8, 4) is 0 Å². The van der Waals surface area contributed by atoms with Crippen molar-refractivity contribution < 1.29 is 89.4 Å². The number of rotatable bonds is 38. The van der Waals surface area contributed by atoms with Gasteiger partial charge in [-0.15, -0.1) is 0 Å². The molecule has 3 heterocycles. The van der Waals surface area contributed by atoms with Crippen molar-refractivity contribution in [3.63, 3.8) is 0 Å². The molecule has 17 atom stereocenters. The zero-order chi connectivity index (χ0) is 52.0. The Labute approximate surface area is 422 Å². The van der Waals surface area contributed by atoms with Gasteiger partial charge in [0.1, 0.15) is 73.2 Å². The Kier molecular flexibility index (Phi) is 33.2. The minimum absolute atomic E-state index is 0.251. The fraction of sp³-hybridized carbons (Fsp3) is 0.904. The lowest BCUT2D eigenvalue weighted by atomic mass is 9.96. The molecule has 0 aromatic rings. The number of allylic oxidation sites excluding steroid dienone is 4. The van der Waals surface area contributed by atoms with E-state index in [-0.39, 0.29) is 18.9 Å². The van der Waals surface area contributed by atoms with Gasteiger partial charge in [-0.05, 0) is 44.9 Å². The summed E-state index contributed by atoms with van der Waals surface area (Å²) in [6.45, 7) is 1.71. The predicted molar refractivity (Wildman–Crippen MR) is 263 cm³/mol. The third kappa shape index (κ3) is 22.6. The van der Waals surface area contributed by atoms with E-state index in [0.29, 0.717) is 12.8 Å². The highest BCUT2D eigenvalue weighted by Gasteiger charge is 2.53. The standard InChI is InChI=1S/C52H95NO18/c1-3-5-7-9-11-13-15-16-17-18-20-22-24-26-28-30-40(58)53-35(36(57)29-27-25-23-21-19-14-12-10-8-6-4-2)34-66-50-46(64)43(61)48(38(32-55)68-50)71-52-47(65)44(62)49(39(33-56)69-52)70-51-45(63)42(60)41(59)37(31-54)67-51/h11,13,16-17,35-39,41-52,54-57,59-65H,3-10,12,14-15,18-34H2,1-2H3,(H,53,58)/b13-11-,17-16-. The Morgan fingerprint density at radius 1 is 0.507 bits per heavy atom. The first-order valence-corrected chi connectivity index (χ1v) is 27.1. The molecule has 0 bridgehead atoms. The quantitative estimate of drug-likeness (QED) is 0.0313. The van der Waals surface area contributed by atoms with E-state index in [1.165, 1.54) is 64.2 Å². The molecule has 0 radical (unpaired) electrons. The van der Waals surface area contributed by atoms with Gasteiger partial charge in [-0.25, -0.2) is 0 Å². The van der Waals surface area contributed by atoms with E-state index in [0.717, 1.165) is 70.6 Å². The van der Waals surface area contributed by atoms with Crippen LogP contribution in [0.5, 0.6) is 0 Å². The maximum absolute atomic E-state index is 13.2. The number of aliphatic hydroxyl groups excluding tert-OH is 11. The third-order valence-corrected chi connectivity index (χ3v) is 13.8. The van der Waals surface area contributed by atoms with Crippen LogP contribution in [-0.2, 0) is 33.2 Å². The van der Waals surface area contributed by atoms with E-state index >= 15 is 0 Å². The Balaban J connectivity index is 1.54. The lowest BCUT2D eigenvalue weighted by Gasteiger charge is -2.48. The average Bonchev–Trinajstić information content (AvgIpc) is 3.36. The SMILES string of the molecule is CCCCC/C=C\C/C=C\CCCCCCCC(=O)NC(COC1OC(CO)C(OC2OC(CO)C(OC3OC(CO)C(O)C(O)C3O)C(O)C2O)C(O)C1O)C(O)CCCCCCCCCCCCC. The van der Waals surface area contributed by atoms with Gasteiger partial charge in [0, 0.05) is 6.42 Å². The van der Waals surface area contributed by atoms with E-state index in [9.17, 15) is 61.0 Å². The highest BCUT2D eigenvalue weighted by molar-refractivity contribution is 5.76. The van der Waals surface area contributed by atoms with E-state index in [2.05, 4.69) is 43.5 Å². The number of aliphatic hydroxyl groups is 11. The van der Waals surface area contributed by atoms with Crippen molar-refractivity contribution in [2.75, 3.05) is 26.4 Å². The summed E-state index contributed by atoms with van der Waals surface area (Å²) >= 11 is 0. The molecule has 0 aromatic carbocycles. The molecule has 1 amide bonds. The molecule has 3 aliphatic heterocycles. The molecule has 416 valence electrons. The van der Waals surface area contributed by atoms with Crippen LogP contribution in [0.3, 0.4) is 0 Å². The zero-order valence-corrected chi connectivity index (χ0v) is 42.7. The molecule has 19 heteroatoms. The highest BCUT2D eigenvalue weighted by atomic mass is 16.8. The third-order valence-electron chi connectivity index (χ3n) is 13.8. The van der Waals surface area contributed by atoms with Crippen molar-refractivity contribution in [2.24, 2.45) is 0 Å². The van der Waals surface area contributed by atoms with Crippen LogP contribution in [0.2, 0.25) is 0 Å². The molecule has 0 aromatic heterocycles. The number of nitrogens with one attached hydrogen (secondary N) is 1. The summed E-state index contributed by atoms with van der Waals surface area (Å²) in [6, 6.07) is -0.890. The Bertz CT molecular complexity index is 1410. The molecule has 19 nitrogen and oxygen atoms in total. The van der Waals surface area contributed by atoms with Crippen molar-refractivity contribution in [2.45, 2.75) is 272 Å². The first-order valence-electron chi connectivity index (χ1n) is 27.1. The summed E-state index contributed by atoms with van der Waals surface area (Å²) < 4.78 is 34.2. The average molecular weight is 1020 g/mol. The number of hydrogen-bond donors (Lipinski definition) is 12. The van der Waals surface area contributed by atoms with Crippen LogP contribution in [0.25, 0.3) is 0 Å². The monoisotopic (exact) mass is 1020 g/mol. The second kappa shape index (κ2) is 37.1. The number of unbranched alkanes of at least 4 members (excludes halogenated alkanes) is 18. The maximum Gasteiger partial charge on any atom is 0.220 e. The summed E-state index contributed by atoms with van der Waals surface area (Å²) in [7, 11) is 0. The highest BCUT2D eigenvalue weighted by Crippen LogP contribution is 2.33. The Morgan fingerprint density at radius 3 is 1.46 bits per heavy atom. The number of carbonyl (C=O) groups excluding carboxylic acids is 1. The predicted octanol–water partition coefficient (Wildman–Crippen LogP) is 2.81. The van der Waals surface area contributed by atoms with Crippen LogP contribution < -0.4 is 5.32 Å². The van der Waals surface area contributed by atoms with Gasteiger partial charge in [0.25, 0.3) is 0 Å². The van der Waals surface area contributed by atoms with E-state index in [1.807, 2.05) is 0 Å². The second-order valence-electron chi connectivity index (χ2n) is 19.7. The van der Waals surface area contributed by atoms with Gasteiger partial charge < -0.3 is 89.9 Å². The zero-order valence-electron chi connectivity index (χ0n) is 42.7. The fourth-order valence-electron chi connectivity index (χ4n) is 9.22. The molecular weight excluding hydrogens is 927 g/mol. The molecule has 3 rings (SSSR count). The van der Waals surface area contributed by atoms with Gasteiger partial charge in [0.15, 0.2) is 18.9 Å². The molecule has 71 heavy (non-hydrogen) atoms. The molecule has 3 aliphatic rings. The summed E-state index contributed by atoms with van der Waals surface area (Å²) in [5, 5.41) is 120. The van der Waals surface area contributed by atoms with Crippen molar-refractivity contribution in [3.05, 3.63) is 24.3 Å². The van der Waals surface area contributed by atoms with Crippen molar-refractivity contribution in [1.82, 2.24) is 5.32 Å². The minimum atomic E-state index is -1.97. The number of hydrogen-bond acceptors (Lipinski definition) is 18. The van der Waals surface area contributed by atoms with Gasteiger partial charge in [0.05, 0.1) is 38.6 Å². The van der Waals surface area contributed by atoms with Crippen LogP contribution in [0.1, 0.15) is 168 Å². The van der Waals surface area contributed by atoms with Crippen LogP contribution >= 0.6 is 0 Å². The minimum Gasteiger partial charge on any atom is -0.394 e.